The maximum atomic E-state index is 13.1. The molecule has 3 aliphatic rings. The standard InChI is InChI=1S/C47H85NO18/c1-3-5-7-9-11-13-15-17-19-21-23-25-35(53)48-30(31(52)24-22-20-18-16-14-12-10-8-6-4-2)29-61-45-41(59)38(56)43(33(27-50)63-45)66-47-42(60)39(57)44(34(28-51)64-47)65-46-40(58)37(55)36(54)32(26-49)62-46/h9,11,22,24,30-34,36-47,49-52,54-60H,3-8,10,12-21,23,25-29H2,1-2H3,(H,48,53)/b11-9-,24-22+. The zero-order valence-electron chi connectivity index (χ0n) is 39.2. The summed E-state index contributed by atoms with van der Waals surface area (Å²) in [4.78, 5) is 13.1. The van der Waals surface area contributed by atoms with E-state index in [1.54, 1.807) is 6.08 Å². The molecule has 0 aromatic rings. The number of aliphatic hydroxyl groups is 11. The Hall–Kier alpha value is -1.73. The third-order valence-corrected chi connectivity index (χ3v) is 12.5. The smallest absolute Gasteiger partial charge is 0.220 e. The fraction of sp³-hybridized carbons (Fsp3) is 0.894. The average molecular weight is 952 g/mol. The minimum Gasteiger partial charge on any atom is -0.394 e. The van der Waals surface area contributed by atoms with Crippen LogP contribution in [0.2, 0.25) is 0 Å². The number of unbranched alkanes of at least 4 members (excludes halogenated alkanes) is 15. The number of hydrogen-bond acceptors (Lipinski definition) is 18. The van der Waals surface area contributed by atoms with E-state index in [2.05, 4.69) is 31.3 Å². The molecule has 19 nitrogen and oxygen atoms in total. The Morgan fingerprint density at radius 3 is 1.52 bits per heavy atom. The van der Waals surface area contributed by atoms with Crippen molar-refractivity contribution in [1.29, 1.82) is 0 Å². The summed E-state index contributed by atoms with van der Waals surface area (Å²) in [6, 6.07) is -0.970. The number of aliphatic hydroxyl groups excluding tert-OH is 11. The van der Waals surface area contributed by atoms with Crippen LogP contribution in [0.3, 0.4) is 0 Å². The summed E-state index contributed by atoms with van der Waals surface area (Å²) in [5, 5.41) is 119. The number of amides is 1. The van der Waals surface area contributed by atoms with Crippen molar-refractivity contribution in [2.75, 3.05) is 26.4 Å². The second kappa shape index (κ2) is 33.0. The zero-order chi connectivity index (χ0) is 48.4. The second-order valence-corrected chi connectivity index (χ2v) is 17.9. The quantitative estimate of drug-likeness (QED) is 0.0321. The lowest BCUT2D eigenvalue weighted by atomic mass is 9.96. The Kier molecular flexibility index (Phi) is 29.3. The van der Waals surface area contributed by atoms with Crippen LogP contribution in [-0.2, 0) is 33.2 Å². The van der Waals surface area contributed by atoms with Gasteiger partial charge in [-0.3, -0.25) is 4.79 Å². The fourth-order valence-electron chi connectivity index (χ4n) is 8.29. The second-order valence-electron chi connectivity index (χ2n) is 17.9. The average Bonchev–Trinajstić information content (AvgIpc) is 3.31. The summed E-state index contributed by atoms with van der Waals surface area (Å²) < 4.78 is 34.0. The van der Waals surface area contributed by atoms with Gasteiger partial charge in [0.2, 0.25) is 5.91 Å². The highest BCUT2D eigenvalue weighted by molar-refractivity contribution is 5.76. The van der Waals surface area contributed by atoms with Crippen molar-refractivity contribution >= 4 is 5.91 Å². The summed E-state index contributed by atoms with van der Waals surface area (Å²) in [5.74, 6) is -0.292. The van der Waals surface area contributed by atoms with Gasteiger partial charge in [-0.1, -0.05) is 115 Å². The van der Waals surface area contributed by atoms with Crippen LogP contribution >= 0.6 is 0 Å². The van der Waals surface area contributed by atoms with Gasteiger partial charge in [0.05, 0.1) is 38.6 Å². The van der Waals surface area contributed by atoms with Crippen molar-refractivity contribution in [2.24, 2.45) is 0 Å². The molecule has 1 amide bonds. The van der Waals surface area contributed by atoms with Crippen LogP contribution in [-0.4, -0.2) is 193 Å². The minimum absolute atomic E-state index is 0.233. The molecule has 3 aliphatic heterocycles. The lowest BCUT2D eigenvalue weighted by Crippen LogP contribution is -2.66. The van der Waals surface area contributed by atoms with Crippen molar-refractivity contribution in [1.82, 2.24) is 5.32 Å². The maximum absolute atomic E-state index is 13.1. The molecule has 3 fully saturated rings. The van der Waals surface area contributed by atoms with Gasteiger partial charge in [0, 0.05) is 6.42 Å². The van der Waals surface area contributed by atoms with Gasteiger partial charge in [-0.2, -0.15) is 0 Å². The minimum atomic E-state index is -1.97. The summed E-state index contributed by atoms with van der Waals surface area (Å²) in [7, 11) is 0. The van der Waals surface area contributed by atoms with E-state index in [4.69, 9.17) is 28.4 Å². The molecular weight excluding hydrogens is 867 g/mol. The summed E-state index contributed by atoms with van der Waals surface area (Å²) in [6.45, 7) is 1.59. The number of carbonyl (C=O) groups excluding carboxylic acids is 1. The molecule has 3 saturated heterocycles. The van der Waals surface area contributed by atoms with Crippen molar-refractivity contribution < 1.29 is 89.4 Å². The van der Waals surface area contributed by atoms with Crippen molar-refractivity contribution in [3.8, 4) is 0 Å². The monoisotopic (exact) mass is 952 g/mol. The zero-order valence-corrected chi connectivity index (χ0v) is 39.2. The van der Waals surface area contributed by atoms with Crippen molar-refractivity contribution in [3.63, 3.8) is 0 Å². The van der Waals surface area contributed by atoms with E-state index < -0.39 is 124 Å². The summed E-state index contributed by atoms with van der Waals surface area (Å²) in [5.41, 5.74) is 0. The molecule has 0 aromatic carbocycles. The normalized spacial score (nSPS) is 34.0. The van der Waals surface area contributed by atoms with Gasteiger partial charge in [0.1, 0.15) is 73.2 Å². The first kappa shape index (κ1) is 58.6. The van der Waals surface area contributed by atoms with Gasteiger partial charge < -0.3 is 89.9 Å². The van der Waals surface area contributed by atoms with E-state index in [9.17, 15) is 61.0 Å². The molecule has 0 spiro atoms. The molecule has 0 bridgehead atoms. The topological polar surface area (TPSA) is 307 Å². The molecule has 0 aromatic heterocycles. The molecule has 0 saturated carbocycles. The van der Waals surface area contributed by atoms with E-state index in [1.807, 2.05) is 6.08 Å². The van der Waals surface area contributed by atoms with Gasteiger partial charge in [-0.25, -0.2) is 0 Å². The Bertz CT molecular complexity index is 1330. The van der Waals surface area contributed by atoms with Gasteiger partial charge in [0.15, 0.2) is 18.9 Å². The molecule has 3 rings (SSSR count). The summed E-state index contributed by atoms with van der Waals surface area (Å²) >= 11 is 0. The number of allylic oxidation sites excluding steroid dienone is 3. The molecule has 386 valence electrons. The number of nitrogens with one attached hydrogen (secondary N) is 1. The summed E-state index contributed by atoms with van der Waals surface area (Å²) in [6.07, 6.45) is 0.614. The van der Waals surface area contributed by atoms with E-state index in [0.29, 0.717) is 6.42 Å². The number of ether oxygens (including phenoxy) is 6. The van der Waals surface area contributed by atoms with Crippen molar-refractivity contribution in [2.45, 2.75) is 240 Å². The molecule has 12 N–H and O–H groups in total. The lowest BCUT2D eigenvalue weighted by molar-refractivity contribution is -0.379. The first-order chi connectivity index (χ1) is 31.8. The number of hydrogen-bond donors (Lipinski definition) is 12. The highest BCUT2D eigenvalue weighted by Crippen LogP contribution is 2.33. The van der Waals surface area contributed by atoms with E-state index >= 15 is 0 Å². The molecule has 17 unspecified atom stereocenters. The first-order valence-corrected chi connectivity index (χ1v) is 24.6. The van der Waals surface area contributed by atoms with Crippen LogP contribution in [0.5, 0.6) is 0 Å². The Morgan fingerprint density at radius 1 is 0.530 bits per heavy atom. The first-order valence-electron chi connectivity index (χ1n) is 24.6. The lowest BCUT2D eigenvalue weighted by Gasteiger charge is -2.48. The predicted octanol–water partition coefficient (Wildman–Crippen LogP) is 0.861. The third-order valence-electron chi connectivity index (χ3n) is 12.5. The maximum Gasteiger partial charge on any atom is 0.220 e. The van der Waals surface area contributed by atoms with Crippen LogP contribution in [0.25, 0.3) is 0 Å². The molecule has 0 aliphatic carbocycles. The molecule has 19 heteroatoms. The van der Waals surface area contributed by atoms with Crippen LogP contribution in [0.15, 0.2) is 24.3 Å². The highest BCUT2D eigenvalue weighted by Gasteiger charge is 2.53. The largest absolute Gasteiger partial charge is 0.394 e. The van der Waals surface area contributed by atoms with Gasteiger partial charge in [-0.15, -0.1) is 0 Å². The Labute approximate surface area is 390 Å². The van der Waals surface area contributed by atoms with Crippen LogP contribution < -0.4 is 5.32 Å². The van der Waals surface area contributed by atoms with Gasteiger partial charge >= 0.3 is 0 Å². The molecule has 0 radical (unpaired) electrons. The molecule has 17 atom stereocenters. The van der Waals surface area contributed by atoms with E-state index in [0.717, 1.165) is 64.2 Å². The van der Waals surface area contributed by atoms with Crippen LogP contribution in [0.1, 0.15) is 136 Å². The number of rotatable bonds is 33. The van der Waals surface area contributed by atoms with Gasteiger partial charge in [0.25, 0.3) is 0 Å². The van der Waals surface area contributed by atoms with Crippen LogP contribution in [0, 0.1) is 0 Å². The van der Waals surface area contributed by atoms with Crippen molar-refractivity contribution in [3.05, 3.63) is 24.3 Å². The van der Waals surface area contributed by atoms with Gasteiger partial charge in [-0.05, 0) is 38.5 Å². The Morgan fingerprint density at radius 2 is 0.970 bits per heavy atom. The molecular formula is C47H85NO18. The predicted molar refractivity (Wildman–Crippen MR) is 240 cm³/mol. The fourth-order valence-corrected chi connectivity index (χ4v) is 8.29. The van der Waals surface area contributed by atoms with E-state index in [1.165, 1.54) is 44.9 Å². The molecule has 3 heterocycles. The highest BCUT2D eigenvalue weighted by atomic mass is 16.8. The van der Waals surface area contributed by atoms with Crippen LogP contribution in [0.4, 0.5) is 0 Å². The SMILES string of the molecule is CCCC/C=C\CCCCCCCC(=O)NC(COC1OC(CO)C(OC2OC(CO)C(OC3OC(CO)C(O)C(O)C3O)C(O)C2O)C(O)C1O)C(O)/C=C/CCCCCCCCCC. The Balaban J connectivity index is 1.59. The molecule has 66 heavy (non-hydrogen) atoms. The van der Waals surface area contributed by atoms with E-state index in [-0.39, 0.29) is 18.9 Å². The number of carbonyl (C=O) groups is 1. The third kappa shape index (κ3) is 19.2.